The molecule has 1 aliphatic carbocycles. The molecular formula is C19H23N3O2S. The quantitative estimate of drug-likeness (QED) is 0.650. The van der Waals surface area contributed by atoms with Crippen molar-refractivity contribution >= 4 is 23.4 Å². The van der Waals surface area contributed by atoms with E-state index in [0.717, 1.165) is 53.8 Å². The standard InChI is InChI=1S/C19H23N3O2S/c1-11-8-9-12(2)16(10-11)20-17(23)13(3)25-19-21-15-7-5-4-6-14(15)18(24)22-19/h8-10,13H,4-7H2,1-3H3,(H,20,23)(H,21,22,24). The number of benzene rings is 1. The number of aromatic amines is 1. The molecule has 1 aliphatic rings. The van der Waals surface area contributed by atoms with Gasteiger partial charge in [0.2, 0.25) is 5.91 Å². The number of nitrogens with one attached hydrogen (secondary N) is 2. The highest BCUT2D eigenvalue weighted by Crippen LogP contribution is 2.24. The van der Waals surface area contributed by atoms with Gasteiger partial charge < -0.3 is 10.3 Å². The maximum Gasteiger partial charge on any atom is 0.254 e. The minimum absolute atomic E-state index is 0.0608. The number of amides is 1. The van der Waals surface area contributed by atoms with E-state index in [4.69, 9.17) is 0 Å². The Bertz CT molecular complexity index is 860. The molecular weight excluding hydrogens is 334 g/mol. The predicted octanol–water partition coefficient (Wildman–Crippen LogP) is 3.38. The summed E-state index contributed by atoms with van der Waals surface area (Å²) >= 11 is 1.29. The highest BCUT2D eigenvalue weighted by Gasteiger charge is 2.20. The fraction of sp³-hybridized carbons (Fsp3) is 0.421. The van der Waals surface area contributed by atoms with Gasteiger partial charge >= 0.3 is 0 Å². The molecule has 1 amide bonds. The summed E-state index contributed by atoms with van der Waals surface area (Å²) in [6.07, 6.45) is 3.75. The second-order valence-corrected chi connectivity index (χ2v) is 7.90. The summed E-state index contributed by atoms with van der Waals surface area (Å²) in [5.74, 6) is -0.0981. The number of nitrogens with zero attached hydrogens (tertiary/aromatic N) is 1. The van der Waals surface area contributed by atoms with E-state index in [1.165, 1.54) is 11.8 Å². The van der Waals surface area contributed by atoms with Crippen LogP contribution in [0.1, 0.15) is 42.1 Å². The van der Waals surface area contributed by atoms with Crippen molar-refractivity contribution in [2.45, 2.75) is 56.9 Å². The molecule has 0 fully saturated rings. The van der Waals surface area contributed by atoms with Crippen LogP contribution < -0.4 is 10.9 Å². The lowest BCUT2D eigenvalue weighted by Crippen LogP contribution is -2.25. The van der Waals surface area contributed by atoms with Gasteiger partial charge in [-0.2, -0.15) is 0 Å². The fourth-order valence-corrected chi connectivity index (χ4v) is 3.78. The van der Waals surface area contributed by atoms with E-state index < -0.39 is 0 Å². The van der Waals surface area contributed by atoms with Gasteiger partial charge in [-0.25, -0.2) is 4.98 Å². The first kappa shape index (κ1) is 17.7. The number of rotatable bonds is 4. The topological polar surface area (TPSA) is 74.8 Å². The lowest BCUT2D eigenvalue weighted by atomic mass is 9.97. The predicted molar refractivity (Wildman–Crippen MR) is 101 cm³/mol. The summed E-state index contributed by atoms with van der Waals surface area (Å²) in [5, 5.41) is 3.13. The molecule has 3 rings (SSSR count). The van der Waals surface area contributed by atoms with Crippen LogP contribution in [0.4, 0.5) is 5.69 Å². The first-order valence-corrected chi connectivity index (χ1v) is 9.49. The van der Waals surface area contributed by atoms with Crippen molar-refractivity contribution in [2.75, 3.05) is 5.32 Å². The molecule has 1 aromatic heterocycles. The second kappa shape index (κ2) is 7.44. The Balaban J connectivity index is 1.72. The van der Waals surface area contributed by atoms with Crippen LogP contribution in [0.2, 0.25) is 0 Å². The van der Waals surface area contributed by atoms with Crippen LogP contribution in [0.15, 0.2) is 28.2 Å². The Kier molecular flexibility index (Phi) is 5.27. The van der Waals surface area contributed by atoms with Gasteiger partial charge in [-0.1, -0.05) is 23.9 Å². The van der Waals surface area contributed by atoms with Crippen molar-refractivity contribution in [1.29, 1.82) is 0 Å². The van der Waals surface area contributed by atoms with Crippen LogP contribution >= 0.6 is 11.8 Å². The van der Waals surface area contributed by atoms with Crippen molar-refractivity contribution < 1.29 is 4.79 Å². The molecule has 0 radical (unpaired) electrons. The molecule has 0 bridgehead atoms. The third-order valence-corrected chi connectivity index (χ3v) is 5.46. The van der Waals surface area contributed by atoms with E-state index >= 15 is 0 Å². The van der Waals surface area contributed by atoms with E-state index in [9.17, 15) is 9.59 Å². The Morgan fingerprint density at radius 2 is 2.04 bits per heavy atom. The molecule has 2 N–H and O–H groups in total. The van der Waals surface area contributed by atoms with Gasteiger partial charge in [0.1, 0.15) is 0 Å². The van der Waals surface area contributed by atoms with Crippen LogP contribution in [0.25, 0.3) is 0 Å². The summed E-state index contributed by atoms with van der Waals surface area (Å²) < 4.78 is 0. The number of hydrogen-bond acceptors (Lipinski definition) is 4. The average Bonchev–Trinajstić information content (AvgIpc) is 2.58. The molecule has 1 unspecified atom stereocenters. The molecule has 5 nitrogen and oxygen atoms in total. The summed E-state index contributed by atoms with van der Waals surface area (Å²) in [6.45, 7) is 5.79. The SMILES string of the molecule is Cc1ccc(C)c(NC(=O)C(C)Sc2nc3c(c(=O)[nH]2)CCCC3)c1. The van der Waals surface area contributed by atoms with Gasteiger partial charge in [0.25, 0.3) is 5.56 Å². The number of H-pyrrole nitrogens is 1. The Morgan fingerprint density at radius 1 is 1.28 bits per heavy atom. The van der Waals surface area contributed by atoms with Gasteiger partial charge in [0.15, 0.2) is 5.16 Å². The lowest BCUT2D eigenvalue weighted by molar-refractivity contribution is -0.115. The summed E-state index contributed by atoms with van der Waals surface area (Å²) in [6, 6.07) is 5.97. The van der Waals surface area contributed by atoms with Gasteiger partial charge in [-0.15, -0.1) is 0 Å². The van der Waals surface area contributed by atoms with E-state index in [-0.39, 0.29) is 16.7 Å². The van der Waals surface area contributed by atoms with Crippen molar-refractivity contribution in [3.63, 3.8) is 0 Å². The van der Waals surface area contributed by atoms with Crippen LogP contribution in [0.5, 0.6) is 0 Å². The number of hydrogen-bond donors (Lipinski definition) is 2. The minimum Gasteiger partial charge on any atom is -0.325 e. The number of aryl methyl sites for hydroxylation is 3. The molecule has 132 valence electrons. The molecule has 1 heterocycles. The van der Waals surface area contributed by atoms with Crippen LogP contribution in [-0.4, -0.2) is 21.1 Å². The first-order chi connectivity index (χ1) is 11.9. The van der Waals surface area contributed by atoms with Crippen molar-refractivity contribution in [3.8, 4) is 0 Å². The Morgan fingerprint density at radius 3 is 2.84 bits per heavy atom. The third-order valence-electron chi connectivity index (χ3n) is 4.48. The molecule has 0 saturated carbocycles. The van der Waals surface area contributed by atoms with Crippen LogP contribution in [0.3, 0.4) is 0 Å². The molecule has 2 aromatic rings. The van der Waals surface area contributed by atoms with Crippen molar-refractivity contribution in [1.82, 2.24) is 9.97 Å². The Hall–Kier alpha value is -2.08. The molecule has 1 aromatic carbocycles. The number of aromatic nitrogens is 2. The summed E-state index contributed by atoms with van der Waals surface area (Å²) in [7, 11) is 0. The lowest BCUT2D eigenvalue weighted by Gasteiger charge is -2.16. The average molecular weight is 357 g/mol. The van der Waals surface area contributed by atoms with Gasteiger partial charge in [-0.3, -0.25) is 9.59 Å². The normalized spacial score (nSPS) is 14.7. The minimum atomic E-state index is -0.357. The van der Waals surface area contributed by atoms with Gasteiger partial charge in [-0.05, 0) is 63.6 Å². The maximum absolute atomic E-state index is 12.5. The zero-order valence-electron chi connectivity index (χ0n) is 14.8. The van der Waals surface area contributed by atoms with E-state index in [2.05, 4.69) is 15.3 Å². The number of anilines is 1. The molecule has 0 saturated heterocycles. The van der Waals surface area contributed by atoms with E-state index in [1.54, 1.807) is 0 Å². The molecule has 1 atom stereocenters. The monoisotopic (exact) mass is 357 g/mol. The molecule has 0 aliphatic heterocycles. The summed E-state index contributed by atoms with van der Waals surface area (Å²) in [5.41, 5.74) is 4.58. The van der Waals surface area contributed by atoms with Crippen molar-refractivity contribution in [3.05, 3.63) is 50.9 Å². The smallest absolute Gasteiger partial charge is 0.254 e. The van der Waals surface area contributed by atoms with Crippen molar-refractivity contribution in [2.24, 2.45) is 0 Å². The van der Waals surface area contributed by atoms with Crippen LogP contribution in [-0.2, 0) is 17.6 Å². The maximum atomic E-state index is 12.5. The number of carbonyl (C=O) groups excluding carboxylic acids is 1. The zero-order valence-corrected chi connectivity index (χ0v) is 15.6. The molecule has 6 heteroatoms. The highest BCUT2D eigenvalue weighted by atomic mass is 32.2. The molecule has 25 heavy (non-hydrogen) atoms. The van der Waals surface area contributed by atoms with Gasteiger partial charge in [0, 0.05) is 11.3 Å². The first-order valence-electron chi connectivity index (χ1n) is 8.61. The van der Waals surface area contributed by atoms with E-state index in [1.807, 2.05) is 39.0 Å². The molecule has 0 spiro atoms. The Labute approximate surface area is 151 Å². The zero-order chi connectivity index (χ0) is 18.0. The summed E-state index contributed by atoms with van der Waals surface area (Å²) in [4.78, 5) is 32.1. The highest BCUT2D eigenvalue weighted by molar-refractivity contribution is 8.00. The van der Waals surface area contributed by atoms with E-state index in [0.29, 0.717) is 5.16 Å². The number of thioether (sulfide) groups is 1. The van der Waals surface area contributed by atoms with Gasteiger partial charge in [0.05, 0.1) is 10.9 Å². The fourth-order valence-electron chi connectivity index (χ4n) is 2.96. The van der Waals surface area contributed by atoms with Crippen LogP contribution in [0, 0.1) is 13.8 Å². The second-order valence-electron chi connectivity index (χ2n) is 6.57. The number of carbonyl (C=O) groups is 1. The number of fused-ring (bicyclic) bond motifs is 1. The third kappa shape index (κ3) is 4.12. The largest absolute Gasteiger partial charge is 0.325 e.